The average Bonchev–Trinajstić information content (AvgIpc) is 2.31. The molecule has 0 spiro atoms. The van der Waals surface area contributed by atoms with Gasteiger partial charge >= 0.3 is 0 Å². The van der Waals surface area contributed by atoms with Gasteiger partial charge in [-0.25, -0.2) is 0 Å². The fraction of sp³-hybridized carbons (Fsp3) is 0.600. The van der Waals surface area contributed by atoms with Crippen molar-refractivity contribution in [1.82, 2.24) is 5.32 Å². The summed E-state index contributed by atoms with van der Waals surface area (Å²) in [5, 5.41) is 13.0. The number of benzene rings is 1. The Labute approximate surface area is 124 Å². The highest BCUT2D eigenvalue weighted by Gasteiger charge is 2.12. The standard InChI is InChI=1S/C15H24BrNO2/c1-4-8-17-11-12-5-6-14(13(16)10-12)19-9-7-15(2,3)18/h5-6,10,17-18H,4,7-9,11H2,1-3H3. The molecule has 0 aliphatic heterocycles. The monoisotopic (exact) mass is 329 g/mol. The van der Waals surface area contributed by atoms with E-state index in [1.807, 2.05) is 6.07 Å². The summed E-state index contributed by atoms with van der Waals surface area (Å²) < 4.78 is 6.62. The number of nitrogens with one attached hydrogen (secondary N) is 1. The average molecular weight is 330 g/mol. The normalized spacial score (nSPS) is 11.6. The lowest BCUT2D eigenvalue weighted by molar-refractivity contribution is 0.0552. The third kappa shape index (κ3) is 6.95. The largest absolute Gasteiger partial charge is 0.492 e. The summed E-state index contributed by atoms with van der Waals surface area (Å²) in [6.07, 6.45) is 1.75. The van der Waals surface area contributed by atoms with Crippen LogP contribution in [0.3, 0.4) is 0 Å². The Morgan fingerprint density at radius 2 is 2.11 bits per heavy atom. The molecule has 3 nitrogen and oxygen atoms in total. The third-order valence-corrected chi connectivity index (χ3v) is 3.34. The number of halogens is 1. The first kappa shape index (κ1) is 16.5. The van der Waals surface area contributed by atoms with E-state index in [-0.39, 0.29) is 0 Å². The van der Waals surface area contributed by atoms with Gasteiger partial charge in [-0.05, 0) is 60.4 Å². The summed E-state index contributed by atoms with van der Waals surface area (Å²) in [5.74, 6) is 0.823. The second-order valence-corrected chi connectivity index (χ2v) is 6.21. The summed E-state index contributed by atoms with van der Waals surface area (Å²) >= 11 is 3.52. The first-order chi connectivity index (χ1) is 8.92. The van der Waals surface area contributed by atoms with Crippen LogP contribution >= 0.6 is 15.9 Å². The molecule has 0 saturated heterocycles. The van der Waals surface area contributed by atoms with Gasteiger partial charge in [-0.1, -0.05) is 13.0 Å². The molecule has 1 aromatic rings. The van der Waals surface area contributed by atoms with Gasteiger partial charge in [0.25, 0.3) is 0 Å². The van der Waals surface area contributed by atoms with E-state index in [0.717, 1.165) is 29.7 Å². The van der Waals surface area contributed by atoms with Gasteiger partial charge in [0.1, 0.15) is 5.75 Å². The van der Waals surface area contributed by atoms with Crippen molar-refractivity contribution >= 4 is 15.9 Å². The molecule has 1 aromatic carbocycles. The predicted octanol–water partition coefficient (Wildman–Crippen LogP) is 3.49. The van der Waals surface area contributed by atoms with Gasteiger partial charge in [-0.15, -0.1) is 0 Å². The van der Waals surface area contributed by atoms with Crippen LogP contribution in [0.1, 0.15) is 39.2 Å². The van der Waals surface area contributed by atoms with Crippen LogP contribution in [0.25, 0.3) is 0 Å². The van der Waals surface area contributed by atoms with E-state index in [4.69, 9.17) is 4.74 Å². The maximum absolute atomic E-state index is 9.63. The van der Waals surface area contributed by atoms with Gasteiger partial charge in [0.15, 0.2) is 0 Å². The van der Waals surface area contributed by atoms with Crippen LogP contribution in [0.15, 0.2) is 22.7 Å². The van der Waals surface area contributed by atoms with Gasteiger partial charge in [-0.3, -0.25) is 0 Å². The minimum absolute atomic E-state index is 0.509. The molecule has 108 valence electrons. The highest BCUT2D eigenvalue weighted by atomic mass is 79.9. The number of ether oxygens (including phenoxy) is 1. The van der Waals surface area contributed by atoms with Crippen LogP contribution in [0.2, 0.25) is 0 Å². The van der Waals surface area contributed by atoms with Crippen molar-refractivity contribution < 1.29 is 9.84 Å². The van der Waals surface area contributed by atoms with Crippen molar-refractivity contribution in [3.05, 3.63) is 28.2 Å². The van der Waals surface area contributed by atoms with E-state index in [0.29, 0.717) is 13.0 Å². The molecule has 0 aliphatic rings. The van der Waals surface area contributed by atoms with Crippen molar-refractivity contribution in [3.63, 3.8) is 0 Å². The Kier molecular flexibility index (Phi) is 6.83. The Balaban J connectivity index is 2.48. The van der Waals surface area contributed by atoms with E-state index in [9.17, 15) is 5.11 Å². The smallest absolute Gasteiger partial charge is 0.133 e. The zero-order chi connectivity index (χ0) is 14.3. The number of hydrogen-bond donors (Lipinski definition) is 2. The van der Waals surface area contributed by atoms with E-state index in [2.05, 4.69) is 40.3 Å². The van der Waals surface area contributed by atoms with Crippen LogP contribution in [0.4, 0.5) is 0 Å². The van der Waals surface area contributed by atoms with Crippen LogP contribution in [-0.2, 0) is 6.54 Å². The van der Waals surface area contributed by atoms with Crippen molar-refractivity contribution in [1.29, 1.82) is 0 Å². The lowest BCUT2D eigenvalue weighted by Gasteiger charge is -2.17. The van der Waals surface area contributed by atoms with Crippen LogP contribution in [0, 0.1) is 0 Å². The fourth-order valence-electron chi connectivity index (χ4n) is 1.59. The molecule has 0 atom stereocenters. The lowest BCUT2D eigenvalue weighted by atomic mass is 10.1. The van der Waals surface area contributed by atoms with Gasteiger partial charge in [0.2, 0.25) is 0 Å². The molecule has 0 heterocycles. The molecule has 0 unspecified atom stereocenters. The molecule has 0 amide bonds. The van der Waals surface area contributed by atoms with E-state index in [1.165, 1.54) is 5.56 Å². The molecule has 0 fully saturated rings. The van der Waals surface area contributed by atoms with Gasteiger partial charge < -0.3 is 15.2 Å². The minimum atomic E-state index is -0.684. The number of hydrogen-bond acceptors (Lipinski definition) is 3. The van der Waals surface area contributed by atoms with Crippen molar-refractivity contribution in [3.8, 4) is 5.75 Å². The van der Waals surface area contributed by atoms with Crippen LogP contribution in [0.5, 0.6) is 5.75 Å². The molecule has 0 aliphatic carbocycles. The molecular weight excluding hydrogens is 306 g/mol. The summed E-state index contributed by atoms with van der Waals surface area (Å²) in [4.78, 5) is 0. The molecule has 0 bridgehead atoms. The van der Waals surface area contributed by atoms with E-state index in [1.54, 1.807) is 13.8 Å². The number of rotatable bonds is 8. The Morgan fingerprint density at radius 1 is 1.37 bits per heavy atom. The predicted molar refractivity (Wildman–Crippen MR) is 82.5 cm³/mol. The summed E-state index contributed by atoms with van der Waals surface area (Å²) in [6, 6.07) is 6.10. The van der Waals surface area contributed by atoms with Gasteiger partial charge in [0.05, 0.1) is 16.7 Å². The van der Waals surface area contributed by atoms with Crippen molar-refractivity contribution in [2.45, 2.75) is 45.8 Å². The summed E-state index contributed by atoms with van der Waals surface area (Å²) in [7, 11) is 0. The van der Waals surface area contributed by atoms with Crippen molar-refractivity contribution in [2.24, 2.45) is 0 Å². The first-order valence-electron chi connectivity index (χ1n) is 6.76. The Bertz CT molecular complexity index is 388. The molecule has 0 aromatic heterocycles. The zero-order valence-electron chi connectivity index (χ0n) is 12.0. The quantitative estimate of drug-likeness (QED) is 0.717. The maximum atomic E-state index is 9.63. The summed E-state index contributed by atoms with van der Waals surface area (Å²) in [5.41, 5.74) is 0.548. The molecular formula is C15H24BrNO2. The van der Waals surface area contributed by atoms with E-state index >= 15 is 0 Å². The number of aliphatic hydroxyl groups is 1. The molecule has 19 heavy (non-hydrogen) atoms. The zero-order valence-corrected chi connectivity index (χ0v) is 13.6. The fourth-order valence-corrected chi connectivity index (χ4v) is 2.13. The molecule has 0 radical (unpaired) electrons. The minimum Gasteiger partial charge on any atom is -0.492 e. The van der Waals surface area contributed by atoms with E-state index < -0.39 is 5.60 Å². The molecule has 1 rings (SSSR count). The molecule has 2 N–H and O–H groups in total. The first-order valence-corrected chi connectivity index (χ1v) is 7.56. The third-order valence-electron chi connectivity index (χ3n) is 2.72. The van der Waals surface area contributed by atoms with Gasteiger partial charge in [0, 0.05) is 13.0 Å². The lowest BCUT2D eigenvalue weighted by Crippen LogP contribution is -2.21. The molecule has 4 heteroatoms. The second-order valence-electron chi connectivity index (χ2n) is 5.35. The van der Waals surface area contributed by atoms with Gasteiger partial charge in [-0.2, -0.15) is 0 Å². The molecule has 0 saturated carbocycles. The van der Waals surface area contributed by atoms with Crippen LogP contribution < -0.4 is 10.1 Å². The summed E-state index contributed by atoms with van der Waals surface area (Å²) in [6.45, 7) is 8.14. The Hall–Kier alpha value is -0.580. The highest BCUT2D eigenvalue weighted by Crippen LogP contribution is 2.26. The van der Waals surface area contributed by atoms with Crippen molar-refractivity contribution in [2.75, 3.05) is 13.2 Å². The van der Waals surface area contributed by atoms with Crippen LogP contribution in [-0.4, -0.2) is 23.9 Å². The second kappa shape index (κ2) is 7.88. The Morgan fingerprint density at radius 3 is 2.68 bits per heavy atom. The topological polar surface area (TPSA) is 41.5 Å². The highest BCUT2D eigenvalue weighted by molar-refractivity contribution is 9.10. The SMILES string of the molecule is CCCNCc1ccc(OCCC(C)(C)O)c(Br)c1. The maximum Gasteiger partial charge on any atom is 0.133 e.